The Morgan fingerprint density at radius 1 is 1.18 bits per heavy atom. The number of amides is 1. The second-order valence-corrected chi connectivity index (χ2v) is 9.08. The van der Waals surface area contributed by atoms with Crippen LogP contribution in [0.15, 0.2) is 65.1 Å². The zero-order valence-corrected chi connectivity index (χ0v) is 19.7. The minimum absolute atomic E-state index is 0.0415. The summed E-state index contributed by atoms with van der Waals surface area (Å²) < 4.78 is 5.41. The van der Waals surface area contributed by atoms with Gasteiger partial charge in [0.15, 0.2) is 5.78 Å². The third-order valence-electron chi connectivity index (χ3n) is 6.63. The summed E-state index contributed by atoms with van der Waals surface area (Å²) in [7, 11) is 0. The highest BCUT2D eigenvalue weighted by molar-refractivity contribution is 6.30. The maximum absolute atomic E-state index is 13.8. The van der Waals surface area contributed by atoms with Crippen molar-refractivity contribution in [3.8, 4) is 0 Å². The number of rotatable bonds is 3. The molecule has 0 aromatic heterocycles. The number of halogens is 1. The van der Waals surface area contributed by atoms with E-state index < -0.39 is 17.3 Å². The summed E-state index contributed by atoms with van der Waals surface area (Å²) in [5, 5.41) is 3.43. The molecule has 2 aliphatic heterocycles. The van der Waals surface area contributed by atoms with Gasteiger partial charge in [0.2, 0.25) is 5.91 Å². The monoisotopic (exact) mass is 477 g/mol. The number of ether oxygens (including phenoxy) is 1. The van der Waals surface area contributed by atoms with E-state index in [0.717, 1.165) is 5.56 Å². The molecule has 8 heteroatoms. The first-order valence-corrected chi connectivity index (χ1v) is 11.6. The third-order valence-corrected chi connectivity index (χ3v) is 6.89. The number of esters is 1. The van der Waals surface area contributed by atoms with Crippen molar-refractivity contribution in [3.05, 3.63) is 81.3 Å². The maximum atomic E-state index is 13.8. The molecular weight excluding hydrogens is 454 g/mol. The van der Waals surface area contributed by atoms with E-state index in [2.05, 4.69) is 5.32 Å². The van der Waals surface area contributed by atoms with Crippen LogP contribution in [-0.4, -0.2) is 24.3 Å². The zero-order chi connectivity index (χ0) is 24.2. The topological polar surface area (TPSA) is 102 Å². The van der Waals surface area contributed by atoms with Gasteiger partial charge in [0.25, 0.3) is 0 Å². The van der Waals surface area contributed by atoms with Crippen molar-refractivity contribution in [2.24, 2.45) is 5.73 Å². The van der Waals surface area contributed by atoms with Crippen LogP contribution in [0.25, 0.3) is 0 Å². The minimum atomic E-state index is -1.67. The molecule has 174 valence electrons. The molecule has 34 heavy (non-hydrogen) atoms. The molecule has 5 rings (SSSR count). The largest absolute Gasteiger partial charge is 0.462 e. The molecule has 0 saturated heterocycles. The number of hydrogen-bond acceptors (Lipinski definition) is 6. The Labute approximate surface area is 202 Å². The predicted molar refractivity (Wildman–Crippen MR) is 129 cm³/mol. The van der Waals surface area contributed by atoms with Crippen LogP contribution >= 0.6 is 11.6 Å². The van der Waals surface area contributed by atoms with Gasteiger partial charge in [0, 0.05) is 39.7 Å². The summed E-state index contributed by atoms with van der Waals surface area (Å²) >= 11 is 6.10. The molecule has 2 aromatic rings. The number of nitrogens with zero attached hydrogens (tertiary/aromatic N) is 1. The molecule has 0 radical (unpaired) electrons. The quantitative estimate of drug-likeness (QED) is 0.645. The van der Waals surface area contributed by atoms with E-state index in [4.69, 9.17) is 22.1 Å². The summed E-state index contributed by atoms with van der Waals surface area (Å²) in [5.41, 5.74) is 8.55. The van der Waals surface area contributed by atoms with Crippen molar-refractivity contribution < 1.29 is 19.1 Å². The van der Waals surface area contributed by atoms with E-state index in [-0.39, 0.29) is 35.8 Å². The fourth-order valence-electron chi connectivity index (χ4n) is 5.31. The molecule has 2 heterocycles. The van der Waals surface area contributed by atoms with E-state index >= 15 is 0 Å². The SMILES string of the molecule is CCOC(=O)C1=C(N)N(c2ccc(Cl)cc2)C2=C(C(=O)CCC2)C12C(=O)Nc1ccc(C)cc12. The van der Waals surface area contributed by atoms with Crippen LogP contribution in [-0.2, 0) is 24.5 Å². The number of aryl methyl sites for hydroxylation is 1. The number of anilines is 2. The lowest BCUT2D eigenvalue weighted by Gasteiger charge is -2.44. The van der Waals surface area contributed by atoms with Crippen molar-refractivity contribution in [1.29, 1.82) is 0 Å². The van der Waals surface area contributed by atoms with Gasteiger partial charge in [0.05, 0.1) is 6.61 Å². The fraction of sp³-hybridized carbons (Fsp3) is 0.269. The average molecular weight is 478 g/mol. The molecule has 0 bridgehead atoms. The highest BCUT2D eigenvalue weighted by Gasteiger charge is 2.62. The smallest absolute Gasteiger partial charge is 0.339 e. The Morgan fingerprint density at radius 3 is 2.62 bits per heavy atom. The normalized spacial score (nSPS) is 21.6. The number of hydrogen-bond donors (Lipinski definition) is 2. The van der Waals surface area contributed by atoms with Gasteiger partial charge in [-0.1, -0.05) is 29.3 Å². The Kier molecular flexibility index (Phi) is 5.24. The van der Waals surface area contributed by atoms with Gasteiger partial charge < -0.3 is 15.8 Å². The molecule has 0 saturated carbocycles. The second kappa shape index (κ2) is 8.02. The van der Waals surface area contributed by atoms with Gasteiger partial charge in [-0.05, 0) is 57.0 Å². The van der Waals surface area contributed by atoms with Crippen LogP contribution in [0, 0.1) is 6.92 Å². The van der Waals surface area contributed by atoms with Gasteiger partial charge in [0.1, 0.15) is 16.8 Å². The van der Waals surface area contributed by atoms with Crippen LogP contribution in [0.2, 0.25) is 5.02 Å². The van der Waals surface area contributed by atoms with Crippen LogP contribution < -0.4 is 16.0 Å². The average Bonchev–Trinajstić information content (AvgIpc) is 3.07. The van der Waals surface area contributed by atoms with Crippen molar-refractivity contribution in [1.82, 2.24) is 0 Å². The molecule has 0 fully saturated rings. The van der Waals surface area contributed by atoms with Crippen molar-refractivity contribution in [3.63, 3.8) is 0 Å². The molecule has 7 nitrogen and oxygen atoms in total. The van der Waals surface area contributed by atoms with E-state index in [1.807, 2.05) is 19.1 Å². The van der Waals surface area contributed by atoms with Crippen molar-refractivity contribution in [2.45, 2.75) is 38.5 Å². The number of ketones is 1. The molecule has 1 spiro atoms. The fourth-order valence-corrected chi connectivity index (χ4v) is 5.43. The second-order valence-electron chi connectivity index (χ2n) is 8.64. The molecule has 1 unspecified atom stereocenters. The summed E-state index contributed by atoms with van der Waals surface area (Å²) in [5.74, 6) is -1.32. The first-order chi connectivity index (χ1) is 16.3. The number of allylic oxidation sites excluding steroid dienone is 1. The zero-order valence-electron chi connectivity index (χ0n) is 18.9. The predicted octanol–water partition coefficient (Wildman–Crippen LogP) is 4.10. The first-order valence-electron chi connectivity index (χ1n) is 11.2. The first kappa shape index (κ1) is 22.2. The van der Waals surface area contributed by atoms with Gasteiger partial charge in [-0.15, -0.1) is 0 Å². The molecule has 1 amide bonds. The van der Waals surface area contributed by atoms with Crippen LogP contribution in [0.4, 0.5) is 11.4 Å². The lowest BCUT2D eigenvalue weighted by atomic mass is 9.63. The minimum Gasteiger partial charge on any atom is -0.462 e. The van der Waals surface area contributed by atoms with Gasteiger partial charge in [-0.3, -0.25) is 14.5 Å². The Balaban J connectivity index is 1.90. The summed E-state index contributed by atoms with van der Waals surface area (Å²) in [6.07, 6.45) is 1.41. The van der Waals surface area contributed by atoms with Crippen molar-refractivity contribution >= 4 is 40.6 Å². The van der Waals surface area contributed by atoms with E-state index in [0.29, 0.717) is 40.5 Å². The van der Waals surface area contributed by atoms with Crippen LogP contribution in [0.5, 0.6) is 0 Å². The number of fused-ring (bicyclic) bond motifs is 3. The van der Waals surface area contributed by atoms with Crippen molar-refractivity contribution in [2.75, 3.05) is 16.8 Å². The molecule has 3 aliphatic rings. The Hall–Kier alpha value is -3.58. The summed E-state index contributed by atoms with van der Waals surface area (Å²) in [4.78, 5) is 42.6. The number of carbonyl (C=O) groups excluding carboxylic acids is 3. The lowest BCUT2D eigenvalue weighted by Crippen LogP contribution is -2.53. The molecule has 1 atom stereocenters. The molecule has 3 N–H and O–H groups in total. The number of Topliss-reactive ketones (excluding diaryl/α,β-unsaturated/α-hetero) is 1. The van der Waals surface area contributed by atoms with Crippen LogP contribution in [0.1, 0.15) is 37.3 Å². The Morgan fingerprint density at radius 2 is 1.91 bits per heavy atom. The summed E-state index contributed by atoms with van der Waals surface area (Å²) in [6.45, 7) is 3.67. The highest BCUT2D eigenvalue weighted by atomic mass is 35.5. The van der Waals surface area contributed by atoms with E-state index in [1.165, 1.54) is 0 Å². The number of carbonyl (C=O) groups is 3. The van der Waals surface area contributed by atoms with E-state index in [9.17, 15) is 14.4 Å². The van der Waals surface area contributed by atoms with Gasteiger partial charge in [-0.2, -0.15) is 0 Å². The van der Waals surface area contributed by atoms with Gasteiger partial charge in [-0.25, -0.2) is 4.79 Å². The molecular formula is C26H24ClN3O4. The van der Waals surface area contributed by atoms with E-state index in [1.54, 1.807) is 42.2 Å². The number of benzene rings is 2. The van der Waals surface area contributed by atoms with Gasteiger partial charge >= 0.3 is 5.97 Å². The Bertz CT molecular complexity index is 1310. The summed E-state index contributed by atoms with van der Waals surface area (Å²) in [6, 6.07) is 12.5. The third kappa shape index (κ3) is 3.00. The standard InChI is InChI=1S/C26H24ClN3O4/c1-3-34-24(32)22-23(28)30(16-10-8-15(27)9-11-16)19-5-4-6-20(31)21(19)26(22)17-13-14(2)7-12-18(17)29-25(26)33/h7-13H,3-6,28H2,1-2H3,(H,29,33). The highest BCUT2D eigenvalue weighted by Crippen LogP contribution is 2.55. The maximum Gasteiger partial charge on any atom is 0.339 e. The lowest BCUT2D eigenvalue weighted by molar-refractivity contribution is -0.140. The molecule has 2 aromatic carbocycles. The van der Waals surface area contributed by atoms with Crippen LogP contribution in [0.3, 0.4) is 0 Å². The molecule has 1 aliphatic carbocycles. The number of nitrogens with one attached hydrogen (secondary N) is 1. The number of nitrogens with two attached hydrogens (primary N) is 1.